The molecule has 11 unspecified atom stereocenters. The van der Waals surface area contributed by atoms with E-state index in [0.29, 0.717) is 48.5 Å². The molecule has 1 saturated heterocycles. The molecule has 7 nitrogen and oxygen atoms in total. The van der Waals surface area contributed by atoms with Crippen LogP contribution in [0.15, 0.2) is 11.1 Å². The van der Waals surface area contributed by atoms with Gasteiger partial charge < -0.3 is 14.2 Å². The van der Waals surface area contributed by atoms with Gasteiger partial charge in [-0.15, -0.1) is 0 Å². The zero-order chi connectivity index (χ0) is 30.9. The number of esters is 4. The Bertz CT molecular complexity index is 1220. The van der Waals surface area contributed by atoms with Crippen LogP contribution in [-0.4, -0.2) is 36.6 Å². The van der Waals surface area contributed by atoms with E-state index < -0.39 is 5.97 Å². The van der Waals surface area contributed by atoms with Crippen LogP contribution in [0.5, 0.6) is 0 Å². The highest BCUT2D eigenvalue weighted by molar-refractivity contribution is 5.94. The Morgan fingerprint density at radius 1 is 0.884 bits per heavy atom. The lowest BCUT2D eigenvalue weighted by atomic mass is 9.37. The summed E-state index contributed by atoms with van der Waals surface area (Å²) in [6.07, 6.45) is 11.9. The molecule has 0 aromatic heterocycles. The van der Waals surface area contributed by atoms with Crippen LogP contribution in [0, 0.1) is 57.7 Å². The van der Waals surface area contributed by atoms with Gasteiger partial charge in [0.05, 0.1) is 18.9 Å². The summed E-state index contributed by atoms with van der Waals surface area (Å²) in [5.41, 5.74) is 3.16. The molecule has 7 heteroatoms. The quantitative estimate of drug-likeness (QED) is 0.146. The van der Waals surface area contributed by atoms with Gasteiger partial charge in [0.2, 0.25) is 0 Å². The summed E-state index contributed by atoms with van der Waals surface area (Å²) >= 11 is 0. The lowest BCUT2D eigenvalue weighted by Gasteiger charge is -2.67. The topological polar surface area (TPSA) is 96.0 Å². The number of carbonyl (C=O) groups excluding carboxylic acids is 4. The third kappa shape index (κ3) is 4.99. The molecule has 0 bridgehead atoms. The van der Waals surface area contributed by atoms with E-state index in [4.69, 9.17) is 14.2 Å². The fourth-order valence-electron chi connectivity index (χ4n) is 12.3. The predicted octanol–water partition coefficient (Wildman–Crippen LogP) is 6.96. The molecule has 6 fully saturated rings. The van der Waals surface area contributed by atoms with E-state index in [1.807, 2.05) is 0 Å². The number of hydrogen-bond donors (Lipinski definition) is 0. The van der Waals surface area contributed by atoms with Crippen molar-refractivity contribution in [1.82, 2.24) is 0 Å². The maximum absolute atomic E-state index is 12.4. The van der Waals surface area contributed by atoms with Crippen LogP contribution in [0.3, 0.4) is 0 Å². The summed E-state index contributed by atoms with van der Waals surface area (Å²) in [7, 11) is 0. The van der Waals surface area contributed by atoms with Gasteiger partial charge in [-0.3, -0.25) is 19.2 Å². The van der Waals surface area contributed by atoms with Crippen molar-refractivity contribution in [1.29, 1.82) is 0 Å². The van der Waals surface area contributed by atoms with Crippen molar-refractivity contribution in [2.45, 2.75) is 125 Å². The molecule has 1 aliphatic heterocycles. The molecule has 1 heterocycles. The molecule has 43 heavy (non-hydrogen) atoms. The lowest BCUT2D eigenvalue weighted by molar-refractivity contribution is -0.201. The Kier molecular flexibility index (Phi) is 7.90. The second-order valence-electron chi connectivity index (χ2n) is 16.0. The minimum Gasteiger partial charge on any atom is -0.465 e. The van der Waals surface area contributed by atoms with E-state index in [0.717, 1.165) is 32.1 Å². The molecule has 11 atom stereocenters. The van der Waals surface area contributed by atoms with E-state index in [-0.39, 0.29) is 52.6 Å². The third-order valence-electron chi connectivity index (χ3n) is 14.0. The van der Waals surface area contributed by atoms with Crippen molar-refractivity contribution in [3.63, 3.8) is 0 Å². The monoisotopic (exact) mass is 596 g/mol. The van der Waals surface area contributed by atoms with Crippen LogP contribution < -0.4 is 0 Å². The van der Waals surface area contributed by atoms with Gasteiger partial charge in [0, 0.05) is 19.3 Å². The van der Waals surface area contributed by atoms with Crippen molar-refractivity contribution in [2.24, 2.45) is 57.7 Å². The smallest absolute Gasteiger partial charge is 0.317 e. The van der Waals surface area contributed by atoms with E-state index >= 15 is 0 Å². The maximum atomic E-state index is 12.4. The third-order valence-corrected chi connectivity index (χ3v) is 14.0. The van der Waals surface area contributed by atoms with E-state index in [2.05, 4.69) is 27.7 Å². The van der Waals surface area contributed by atoms with Gasteiger partial charge in [-0.1, -0.05) is 31.9 Å². The zero-order valence-electron chi connectivity index (χ0n) is 27.2. The fourth-order valence-corrected chi connectivity index (χ4v) is 12.3. The Morgan fingerprint density at radius 3 is 2.26 bits per heavy atom. The second kappa shape index (κ2) is 11.0. The first-order chi connectivity index (χ1) is 20.3. The maximum Gasteiger partial charge on any atom is 0.317 e. The highest BCUT2D eigenvalue weighted by atomic mass is 16.6. The predicted molar refractivity (Wildman–Crippen MR) is 160 cm³/mol. The van der Waals surface area contributed by atoms with Gasteiger partial charge >= 0.3 is 23.9 Å². The molecular formula is C36H52O7. The largest absolute Gasteiger partial charge is 0.465 e. The van der Waals surface area contributed by atoms with Crippen molar-refractivity contribution in [2.75, 3.05) is 6.61 Å². The first-order valence-electron chi connectivity index (χ1n) is 17.0. The molecule has 0 aromatic carbocycles. The Morgan fingerprint density at radius 2 is 1.58 bits per heavy atom. The Labute approximate surface area is 257 Å². The molecule has 238 valence electrons. The molecule has 5 saturated carbocycles. The molecule has 0 N–H and O–H groups in total. The number of allylic oxidation sites excluding steroid dienone is 2. The van der Waals surface area contributed by atoms with Crippen LogP contribution in [0.4, 0.5) is 0 Å². The minimum atomic E-state index is -0.410. The first-order valence-corrected chi connectivity index (χ1v) is 17.0. The SMILES string of the molecule is CC(=O)OCC12CC/C(=C(/C)CC3CC(=O)OC3=O)C1C1CCC3C4(C)CCC(OC(C)=O)C(C)C4CCC3(C)C1CC2. The zero-order valence-corrected chi connectivity index (χ0v) is 27.2. The number of carbonyl (C=O) groups is 4. The summed E-state index contributed by atoms with van der Waals surface area (Å²) in [6.45, 7) is 13.2. The number of fused-ring (bicyclic) bond motifs is 7. The van der Waals surface area contributed by atoms with Crippen LogP contribution >= 0.6 is 0 Å². The van der Waals surface area contributed by atoms with E-state index in [1.165, 1.54) is 57.1 Å². The summed E-state index contributed by atoms with van der Waals surface area (Å²) in [5.74, 6) is 1.56. The summed E-state index contributed by atoms with van der Waals surface area (Å²) in [6, 6.07) is 0. The van der Waals surface area contributed by atoms with Crippen molar-refractivity contribution < 1.29 is 33.4 Å². The minimum absolute atomic E-state index is 0.0365. The van der Waals surface area contributed by atoms with Crippen LogP contribution in [0.1, 0.15) is 119 Å². The molecule has 0 radical (unpaired) electrons. The van der Waals surface area contributed by atoms with Crippen LogP contribution in [0.25, 0.3) is 0 Å². The average molecular weight is 597 g/mol. The highest BCUT2D eigenvalue weighted by Gasteiger charge is 2.65. The van der Waals surface area contributed by atoms with Crippen molar-refractivity contribution in [3.05, 3.63) is 11.1 Å². The van der Waals surface area contributed by atoms with Crippen LogP contribution in [-0.2, 0) is 33.4 Å². The number of cyclic esters (lactones) is 2. The molecule has 6 rings (SSSR count). The first kappa shape index (κ1) is 30.8. The normalized spacial score (nSPS) is 46.6. The molecule has 0 aromatic rings. The van der Waals surface area contributed by atoms with Gasteiger partial charge in [-0.05, 0) is 124 Å². The van der Waals surface area contributed by atoms with Gasteiger partial charge in [-0.2, -0.15) is 0 Å². The van der Waals surface area contributed by atoms with Gasteiger partial charge in [0.25, 0.3) is 0 Å². The summed E-state index contributed by atoms with van der Waals surface area (Å²) < 4.78 is 16.5. The number of rotatable bonds is 5. The van der Waals surface area contributed by atoms with Crippen molar-refractivity contribution >= 4 is 23.9 Å². The fraction of sp³-hybridized carbons (Fsp3) is 0.833. The summed E-state index contributed by atoms with van der Waals surface area (Å²) in [5, 5.41) is 0. The van der Waals surface area contributed by atoms with Crippen molar-refractivity contribution in [3.8, 4) is 0 Å². The molecular weight excluding hydrogens is 544 g/mol. The Balaban J connectivity index is 1.30. The van der Waals surface area contributed by atoms with E-state index in [1.54, 1.807) is 0 Å². The standard InChI is InChI=1S/C36H52O7/c1-20(17-24-18-31(39)43-33(24)40)25-9-15-36(19-41-22(3)37)16-11-28-26(32(25)36)7-8-30-34(5)14-12-29(42-23(4)38)21(2)27(34)10-13-35(28,30)6/h21,24,26-30,32H,7-19H2,1-6H3/b25-20+. The Hall–Kier alpha value is -2.18. The van der Waals surface area contributed by atoms with Gasteiger partial charge in [0.1, 0.15) is 6.10 Å². The van der Waals surface area contributed by atoms with E-state index in [9.17, 15) is 19.2 Å². The van der Waals surface area contributed by atoms with Gasteiger partial charge in [-0.25, -0.2) is 0 Å². The highest BCUT2D eigenvalue weighted by Crippen LogP contribution is 2.72. The van der Waals surface area contributed by atoms with Gasteiger partial charge in [0.15, 0.2) is 0 Å². The molecule has 5 aliphatic carbocycles. The lowest BCUT2D eigenvalue weighted by Crippen LogP contribution is -2.61. The molecule has 6 aliphatic rings. The summed E-state index contributed by atoms with van der Waals surface area (Å²) in [4.78, 5) is 48.1. The molecule has 0 spiro atoms. The number of ether oxygens (including phenoxy) is 3. The average Bonchev–Trinajstić information content (AvgIpc) is 3.48. The second-order valence-corrected chi connectivity index (χ2v) is 16.0. The number of hydrogen-bond acceptors (Lipinski definition) is 7. The molecule has 0 amide bonds. The van der Waals surface area contributed by atoms with Crippen LogP contribution in [0.2, 0.25) is 0 Å².